The Balaban J connectivity index is 2.11. The highest BCUT2D eigenvalue weighted by Crippen LogP contribution is 2.20. The number of anilines is 1. The lowest BCUT2D eigenvalue weighted by Crippen LogP contribution is -2.15. The molecule has 0 bridgehead atoms. The van der Waals surface area contributed by atoms with Crippen LogP contribution in [-0.4, -0.2) is 28.2 Å². The van der Waals surface area contributed by atoms with Crippen LogP contribution in [0.4, 0.5) is 5.69 Å². The maximum Gasteiger partial charge on any atom is 0.275 e. The first-order valence-electron chi connectivity index (χ1n) is 6.94. The van der Waals surface area contributed by atoms with Gasteiger partial charge in [0.15, 0.2) is 10.9 Å². The van der Waals surface area contributed by atoms with Gasteiger partial charge in [0.25, 0.3) is 5.91 Å². The van der Waals surface area contributed by atoms with Gasteiger partial charge in [-0.3, -0.25) is 4.79 Å². The summed E-state index contributed by atoms with van der Waals surface area (Å²) >= 11 is 7.40. The SMILES string of the molecule is C=CCSc1ncc(Cl)c(C(=O)Nc2ccc(OCC)cc2)n1. The molecule has 23 heavy (non-hydrogen) atoms. The third kappa shape index (κ3) is 4.97. The highest BCUT2D eigenvalue weighted by molar-refractivity contribution is 7.99. The molecule has 0 aliphatic heterocycles. The van der Waals surface area contributed by atoms with E-state index in [0.29, 0.717) is 23.2 Å². The predicted octanol–water partition coefficient (Wildman–Crippen LogP) is 4.06. The van der Waals surface area contributed by atoms with Crippen molar-refractivity contribution < 1.29 is 9.53 Å². The van der Waals surface area contributed by atoms with Gasteiger partial charge in [0, 0.05) is 11.4 Å². The van der Waals surface area contributed by atoms with E-state index in [9.17, 15) is 4.79 Å². The van der Waals surface area contributed by atoms with E-state index in [2.05, 4.69) is 21.9 Å². The Hall–Kier alpha value is -2.05. The Bertz CT molecular complexity index is 692. The molecule has 0 saturated heterocycles. The highest BCUT2D eigenvalue weighted by atomic mass is 35.5. The molecular weight excluding hydrogens is 334 g/mol. The van der Waals surface area contributed by atoms with Crippen LogP contribution >= 0.6 is 23.4 Å². The predicted molar refractivity (Wildman–Crippen MR) is 93.5 cm³/mol. The third-order valence-corrected chi connectivity index (χ3v) is 3.82. The van der Waals surface area contributed by atoms with E-state index < -0.39 is 0 Å². The fourth-order valence-electron chi connectivity index (χ4n) is 1.70. The maximum atomic E-state index is 12.3. The molecule has 1 aromatic heterocycles. The Morgan fingerprint density at radius 2 is 2.17 bits per heavy atom. The summed E-state index contributed by atoms with van der Waals surface area (Å²) in [7, 11) is 0. The Labute approximate surface area is 144 Å². The van der Waals surface area contributed by atoms with Gasteiger partial charge in [0.2, 0.25) is 0 Å². The zero-order valence-electron chi connectivity index (χ0n) is 12.6. The largest absolute Gasteiger partial charge is 0.494 e. The molecule has 1 heterocycles. The van der Waals surface area contributed by atoms with Gasteiger partial charge < -0.3 is 10.1 Å². The molecule has 1 aromatic carbocycles. The quantitative estimate of drug-likeness (QED) is 0.464. The molecule has 0 atom stereocenters. The summed E-state index contributed by atoms with van der Waals surface area (Å²) in [5.41, 5.74) is 0.774. The summed E-state index contributed by atoms with van der Waals surface area (Å²) < 4.78 is 5.36. The van der Waals surface area contributed by atoms with Crippen molar-refractivity contribution in [1.29, 1.82) is 0 Å². The molecule has 120 valence electrons. The summed E-state index contributed by atoms with van der Waals surface area (Å²) in [6.45, 7) is 6.14. The Kier molecular flexibility index (Phi) is 6.43. The molecule has 5 nitrogen and oxygen atoms in total. The van der Waals surface area contributed by atoms with Crippen molar-refractivity contribution in [3.63, 3.8) is 0 Å². The van der Waals surface area contributed by atoms with Crippen molar-refractivity contribution in [3.05, 3.63) is 53.8 Å². The van der Waals surface area contributed by atoms with Crippen molar-refractivity contribution in [3.8, 4) is 5.75 Å². The minimum Gasteiger partial charge on any atom is -0.494 e. The standard InChI is InChI=1S/C16H16ClN3O2S/c1-3-9-23-16-18-10-13(17)14(20-16)15(21)19-11-5-7-12(8-6-11)22-4-2/h3,5-8,10H,1,4,9H2,2H3,(H,19,21). The van der Waals surface area contributed by atoms with Gasteiger partial charge in [-0.25, -0.2) is 9.97 Å². The van der Waals surface area contributed by atoms with Crippen LogP contribution in [-0.2, 0) is 0 Å². The lowest BCUT2D eigenvalue weighted by atomic mass is 10.3. The average Bonchev–Trinajstić information content (AvgIpc) is 2.56. The first-order chi connectivity index (χ1) is 11.1. The van der Waals surface area contributed by atoms with E-state index in [1.54, 1.807) is 30.3 Å². The topological polar surface area (TPSA) is 64.1 Å². The van der Waals surface area contributed by atoms with Gasteiger partial charge in [-0.2, -0.15) is 0 Å². The number of nitrogens with zero attached hydrogens (tertiary/aromatic N) is 2. The number of nitrogens with one attached hydrogen (secondary N) is 1. The molecule has 2 aromatic rings. The van der Waals surface area contributed by atoms with Crippen molar-refractivity contribution in [1.82, 2.24) is 9.97 Å². The molecular formula is C16H16ClN3O2S. The normalized spacial score (nSPS) is 10.2. The molecule has 0 fully saturated rings. The second-order valence-corrected chi connectivity index (χ2v) is 5.75. The first-order valence-corrected chi connectivity index (χ1v) is 8.30. The van der Waals surface area contributed by atoms with E-state index in [1.165, 1.54) is 18.0 Å². The molecule has 0 aliphatic carbocycles. The zero-order valence-corrected chi connectivity index (χ0v) is 14.2. The van der Waals surface area contributed by atoms with Crippen LogP contribution in [0, 0.1) is 0 Å². The number of amides is 1. The van der Waals surface area contributed by atoms with Crippen molar-refractivity contribution >= 4 is 35.0 Å². The molecule has 0 spiro atoms. The number of carbonyl (C=O) groups is 1. The molecule has 0 saturated carbocycles. The monoisotopic (exact) mass is 349 g/mol. The fraction of sp³-hybridized carbons (Fsp3) is 0.188. The molecule has 1 amide bonds. The van der Waals surface area contributed by atoms with Gasteiger partial charge in [-0.05, 0) is 31.2 Å². The van der Waals surface area contributed by atoms with E-state index in [4.69, 9.17) is 16.3 Å². The summed E-state index contributed by atoms with van der Waals surface area (Å²) in [5, 5.41) is 3.44. The van der Waals surface area contributed by atoms with Gasteiger partial charge in [0.1, 0.15) is 5.75 Å². The van der Waals surface area contributed by atoms with Crippen LogP contribution in [0.15, 0.2) is 48.3 Å². The van der Waals surface area contributed by atoms with Crippen molar-refractivity contribution in [2.45, 2.75) is 12.1 Å². The van der Waals surface area contributed by atoms with Gasteiger partial charge >= 0.3 is 0 Å². The van der Waals surface area contributed by atoms with Crippen LogP contribution in [0.25, 0.3) is 0 Å². The van der Waals surface area contributed by atoms with Crippen LogP contribution in [0.3, 0.4) is 0 Å². The van der Waals surface area contributed by atoms with Crippen LogP contribution in [0.2, 0.25) is 5.02 Å². The van der Waals surface area contributed by atoms with E-state index >= 15 is 0 Å². The summed E-state index contributed by atoms with van der Waals surface area (Å²) in [5.74, 6) is 1.01. The number of carbonyl (C=O) groups excluding carboxylic acids is 1. The zero-order chi connectivity index (χ0) is 16.7. The lowest BCUT2D eigenvalue weighted by molar-refractivity contribution is 0.102. The van der Waals surface area contributed by atoms with Crippen LogP contribution in [0.1, 0.15) is 17.4 Å². The van der Waals surface area contributed by atoms with Crippen LogP contribution < -0.4 is 10.1 Å². The maximum absolute atomic E-state index is 12.3. The molecule has 2 rings (SSSR count). The van der Waals surface area contributed by atoms with E-state index in [-0.39, 0.29) is 16.6 Å². The minimum atomic E-state index is -0.387. The number of rotatable bonds is 7. The van der Waals surface area contributed by atoms with Gasteiger partial charge in [0.05, 0.1) is 17.8 Å². The third-order valence-electron chi connectivity index (χ3n) is 2.69. The molecule has 7 heteroatoms. The number of hydrogen-bond acceptors (Lipinski definition) is 5. The number of hydrogen-bond donors (Lipinski definition) is 1. The molecule has 0 radical (unpaired) electrons. The summed E-state index contributed by atoms with van der Waals surface area (Å²) in [6.07, 6.45) is 3.16. The van der Waals surface area contributed by atoms with Crippen molar-refractivity contribution in [2.24, 2.45) is 0 Å². The second-order valence-electron chi connectivity index (χ2n) is 4.36. The van der Waals surface area contributed by atoms with Gasteiger partial charge in [-0.1, -0.05) is 29.4 Å². The second kappa shape index (κ2) is 8.55. The Morgan fingerprint density at radius 3 is 2.83 bits per heavy atom. The molecule has 0 unspecified atom stereocenters. The number of benzene rings is 1. The van der Waals surface area contributed by atoms with E-state index in [1.807, 2.05) is 6.92 Å². The smallest absolute Gasteiger partial charge is 0.275 e. The molecule has 0 aliphatic rings. The minimum absolute atomic E-state index is 0.141. The summed E-state index contributed by atoms with van der Waals surface area (Å²) in [6, 6.07) is 7.08. The van der Waals surface area contributed by atoms with Gasteiger partial charge in [-0.15, -0.1) is 6.58 Å². The number of ether oxygens (including phenoxy) is 1. The average molecular weight is 350 g/mol. The molecule has 1 N–H and O–H groups in total. The number of aromatic nitrogens is 2. The highest BCUT2D eigenvalue weighted by Gasteiger charge is 2.14. The number of thioether (sulfide) groups is 1. The first kappa shape index (κ1) is 17.3. The fourth-order valence-corrected chi connectivity index (χ4v) is 2.43. The Morgan fingerprint density at radius 1 is 1.43 bits per heavy atom. The van der Waals surface area contributed by atoms with E-state index in [0.717, 1.165) is 5.75 Å². The number of halogens is 1. The van der Waals surface area contributed by atoms with Crippen LogP contribution in [0.5, 0.6) is 5.75 Å². The van der Waals surface area contributed by atoms with Crippen molar-refractivity contribution in [2.75, 3.05) is 17.7 Å². The summed E-state index contributed by atoms with van der Waals surface area (Å²) in [4.78, 5) is 20.6. The lowest BCUT2D eigenvalue weighted by Gasteiger charge is -2.08.